The van der Waals surface area contributed by atoms with Crippen molar-refractivity contribution >= 4 is 5.91 Å². The Hall–Kier alpha value is -2.77. The fourth-order valence-electron chi connectivity index (χ4n) is 5.52. The molecule has 0 aliphatic carbocycles. The topological polar surface area (TPSA) is 65.5 Å². The molecule has 0 spiro atoms. The summed E-state index contributed by atoms with van der Waals surface area (Å²) in [7, 11) is 0. The van der Waals surface area contributed by atoms with Gasteiger partial charge >= 0.3 is 0 Å². The Kier molecular flexibility index (Phi) is 6.92. The van der Waals surface area contributed by atoms with Gasteiger partial charge in [0.05, 0.1) is 12.1 Å². The molecule has 3 aliphatic heterocycles. The van der Waals surface area contributed by atoms with Gasteiger partial charge in [-0.2, -0.15) is 4.91 Å². The molecule has 0 N–H and O–H groups in total. The summed E-state index contributed by atoms with van der Waals surface area (Å²) in [6, 6.07) is 14.5. The van der Waals surface area contributed by atoms with E-state index in [1.165, 1.54) is 29.5 Å². The maximum atomic E-state index is 13.3. The Labute approximate surface area is 201 Å². The first kappa shape index (κ1) is 23.0. The number of carbonyl (C=O) groups is 1. The van der Waals surface area contributed by atoms with Crippen molar-refractivity contribution in [2.24, 2.45) is 5.18 Å². The number of rotatable bonds is 7. The van der Waals surface area contributed by atoms with Gasteiger partial charge in [-0.15, -0.1) is 0 Å². The van der Waals surface area contributed by atoms with E-state index in [9.17, 15) is 9.70 Å². The van der Waals surface area contributed by atoms with Crippen LogP contribution in [0.5, 0.6) is 5.75 Å². The fourth-order valence-corrected chi connectivity index (χ4v) is 5.52. The van der Waals surface area contributed by atoms with Gasteiger partial charge in [0.1, 0.15) is 18.4 Å². The number of carbonyl (C=O) groups excluding carboxylic acids is 1. The van der Waals surface area contributed by atoms with Crippen LogP contribution in [0.1, 0.15) is 46.8 Å². The number of ether oxygens (including phenoxy) is 1. The van der Waals surface area contributed by atoms with Crippen LogP contribution in [0.4, 0.5) is 0 Å². The second kappa shape index (κ2) is 10.2. The lowest BCUT2D eigenvalue weighted by Crippen LogP contribution is -2.43. The molecular formula is C27H34N4O3. The van der Waals surface area contributed by atoms with Crippen molar-refractivity contribution in [2.45, 2.75) is 51.4 Å². The van der Waals surface area contributed by atoms with Crippen LogP contribution >= 0.6 is 0 Å². The third-order valence-corrected chi connectivity index (χ3v) is 7.52. The minimum absolute atomic E-state index is 0.0776. The number of amides is 1. The maximum absolute atomic E-state index is 13.3. The number of benzene rings is 2. The largest absolute Gasteiger partial charge is 0.491 e. The molecular weight excluding hydrogens is 428 g/mol. The van der Waals surface area contributed by atoms with Gasteiger partial charge in [-0.1, -0.05) is 35.5 Å². The molecule has 7 nitrogen and oxygen atoms in total. The molecule has 2 aromatic rings. The fraction of sp³-hybridized carbons (Fsp3) is 0.519. The van der Waals surface area contributed by atoms with Crippen molar-refractivity contribution in [1.29, 1.82) is 0 Å². The monoisotopic (exact) mass is 462 g/mol. The second-order valence-electron chi connectivity index (χ2n) is 9.90. The van der Waals surface area contributed by atoms with Crippen molar-refractivity contribution in [2.75, 3.05) is 39.3 Å². The SMILES string of the molecule is CC1CCCN1Cc1ccc2c(c1)OCCN(CC(CN1CCc3ccccc3C1)N=O)C2=O. The zero-order valence-electron chi connectivity index (χ0n) is 20.0. The van der Waals surface area contributed by atoms with E-state index in [4.69, 9.17) is 4.74 Å². The summed E-state index contributed by atoms with van der Waals surface area (Å²) in [4.78, 5) is 31.5. The van der Waals surface area contributed by atoms with E-state index >= 15 is 0 Å². The van der Waals surface area contributed by atoms with Gasteiger partial charge in [0.25, 0.3) is 5.91 Å². The molecule has 0 radical (unpaired) electrons. The highest BCUT2D eigenvalue weighted by Crippen LogP contribution is 2.27. The average molecular weight is 463 g/mol. The zero-order chi connectivity index (χ0) is 23.5. The molecule has 34 heavy (non-hydrogen) atoms. The molecule has 1 saturated heterocycles. The number of likely N-dealkylation sites (tertiary alicyclic amines) is 1. The van der Waals surface area contributed by atoms with E-state index in [0.29, 0.717) is 43.6 Å². The van der Waals surface area contributed by atoms with Crippen molar-refractivity contribution < 1.29 is 9.53 Å². The summed E-state index contributed by atoms with van der Waals surface area (Å²) in [5.74, 6) is 0.575. The highest BCUT2D eigenvalue weighted by molar-refractivity contribution is 5.97. The number of nitroso groups, excluding NO2 is 1. The summed E-state index contributed by atoms with van der Waals surface area (Å²) in [6.07, 6.45) is 3.46. The van der Waals surface area contributed by atoms with Gasteiger partial charge in [0.15, 0.2) is 0 Å². The number of nitrogens with zero attached hydrogens (tertiary/aromatic N) is 4. The van der Waals surface area contributed by atoms with Crippen LogP contribution in [-0.4, -0.2) is 72.0 Å². The van der Waals surface area contributed by atoms with Crippen LogP contribution < -0.4 is 4.74 Å². The molecule has 0 bridgehead atoms. The van der Waals surface area contributed by atoms with E-state index in [0.717, 1.165) is 32.6 Å². The predicted molar refractivity (Wildman–Crippen MR) is 132 cm³/mol. The van der Waals surface area contributed by atoms with Crippen molar-refractivity contribution in [1.82, 2.24) is 14.7 Å². The number of hydrogen-bond acceptors (Lipinski definition) is 6. The van der Waals surface area contributed by atoms with Crippen LogP contribution in [0.3, 0.4) is 0 Å². The zero-order valence-corrected chi connectivity index (χ0v) is 20.0. The van der Waals surface area contributed by atoms with Crippen LogP contribution in [-0.2, 0) is 19.5 Å². The first-order valence-corrected chi connectivity index (χ1v) is 12.5. The van der Waals surface area contributed by atoms with Crippen LogP contribution in [0.25, 0.3) is 0 Å². The summed E-state index contributed by atoms with van der Waals surface area (Å²) in [6.45, 7) is 7.75. The Morgan fingerprint density at radius 3 is 2.74 bits per heavy atom. The molecule has 2 aromatic carbocycles. The van der Waals surface area contributed by atoms with Crippen molar-refractivity contribution in [3.8, 4) is 5.75 Å². The summed E-state index contributed by atoms with van der Waals surface area (Å²) in [5.41, 5.74) is 4.44. The first-order valence-electron chi connectivity index (χ1n) is 12.5. The van der Waals surface area contributed by atoms with E-state index in [-0.39, 0.29) is 5.91 Å². The molecule has 7 heteroatoms. The van der Waals surface area contributed by atoms with Gasteiger partial charge < -0.3 is 9.64 Å². The molecule has 1 fully saturated rings. The predicted octanol–water partition coefficient (Wildman–Crippen LogP) is 3.70. The molecule has 3 aliphatic rings. The lowest BCUT2D eigenvalue weighted by Gasteiger charge is -2.31. The molecule has 5 rings (SSSR count). The standard InChI is InChI=1S/C27H34N4O3/c1-20-5-4-11-30(20)16-21-8-9-25-26(15-21)34-14-13-31(27(25)32)19-24(28-33)18-29-12-10-22-6-2-3-7-23(22)17-29/h2-3,6-9,15,20,24H,4-5,10-14,16-19H2,1H3. The minimum Gasteiger partial charge on any atom is -0.491 e. The summed E-state index contributed by atoms with van der Waals surface area (Å²) in [5, 5.41) is 3.40. The van der Waals surface area contributed by atoms with Gasteiger partial charge in [-0.05, 0) is 61.6 Å². The second-order valence-corrected chi connectivity index (χ2v) is 9.90. The first-order chi connectivity index (χ1) is 16.6. The highest BCUT2D eigenvalue weighted by atomic mass is 16.5. The lowest BCUT2D eigenvalue weighted by atomic mass is 9.99. The van der Waals surface area contributed by atoms with Gasteiger partial charge in [-0.3, -0.25) is 14.6 Å². The Morgan fingerprint density at radius 1 is 1.09 bits per heavy atom. The normalized spacial score (nSPS) is 22.0. The van der Waals surface area contributed by atoms with Gasteiger partial charge in [0, 0.05) is 38.8 Å². The minimum atomic E-state index is -0.466. The van der Waals surface area contributed by atoms with Crippen LogP contribution in [0.2, 0.25) is 0 Å². The van der Waals surface area contributed by atoms with E-state index in [2.05, 4.69) is 46.2 Å². The van der Waals surface area contributed by atoms with Crippen LogP contribution in [0.15, 0.2) is 47.6 Å². The summed E-state index contributed by atoms with van der Waals surface area (Å²) < 4.78 is 5.99. The average Bonchev–Trinajstić information content (AvgIpc) is 3.19. The van der Waals surface area contributed by atoms with Crippen molar-refractivity contribution in [3.63, 3.8) is 0 Å². The summed E-state index contributed by atoms with van der Waals surface area (Å²) >= 11 is 0. The van der Waals surface area contributed by atoms with E-state index in [1.54, 1.807) is 4.90 Å². The smallest absolute Gasteiger partial charge is 0.257 e. The highest BCUT2D eigenvalue weighted by Gasteiger charge is 2.29. The Bertz CT molecular complexity index is 1040. The number of hydrogen-bond donors (Lipinski definition) is 0. The van der Waals surface area contributed by atoms with Gasteiger partial charge in [0.2, 0.25) is 0 Å². The molecule has 1 amide bonds. The number of fused-ring (bicyclic) bond motifs is 2. The maximum Gasteiger partial charge on any atom is 0.257 e. The Balaban J connectivity index is 1.23. The van der Waals surface area contributed by atoms with E-state index in [1.807, 2.05) is 18.2 Å². The molecule has 0 aromatic heterocycles. The van der Waals surface area contributed by atoms with Crippen molar-refractivity contribution in [3.05, 3.63) is 69.6 Å². The molecule has 0 saturated carbocycles. The Morgan fingerprint density at radius 2 is 1.94 bits per heavy atom. The molecule has 180 valence electrons. The lowest BCUT2D eigenvalue weighted by molar-refractivity contribution is 0.0734. The molecule has 2 unspecified atom stereocenters. The quantitative estimate of drug-likeness (QED) is 0.587. The van der Waals surface area contributed by atoms with Crippen LogP contribution in [0, 0.1) is 4.91 Å². The third kappa shape index (κ3) is 5.00. The third-order valence-electron chi connectivity index (χ3n) is 7.52. The molecule has 3 heterocycles. The molecule has 2 atom stereocenters. The van der Waals surface area contributed by atoms with Gasteiger partial charge in [-0.25, -0.2) is 0 Å². The van der Waals surface area contributed by atoms with E-state index < -0.39 is 6.04 Å².